The molecule has 0 amide bonds. The van der Waals surface area contributed by atoms with E-state index in [0.717, 1.165) is 23.4 Å². The molecule has 3 N–H and O–H groups in total. The van der Waals surface area contributed by atoms with Gasteiger partial charge in [0.05, 0.1) is 13.2 Å². The minimum Gasteiger partial charge on any atom is -0.489 e. The standard InChI is InChI=1S/C20H27N3O2.HI/c1-4-17(25-18-10-7-8-15(2)12-18)13-22-20(21)23-19-11-6-5-9-16(19)14-24-3;/h5-12,17H,4,13-14H2,1-3H3,(H3,21,22,23);1H. The molecule has 0 aliphatic rings. The largest absolute Gasteiger partial charge is 0.489 e. The van der Waals surface area contributed by atoms with Crippen LogP contribution in [-0.4, -0.2) is 25.7 Å². The van der Waals surface area contributed by atoms with Gasteiger partial charge in [0.1, 0.15) is 11.9 Å². The lowest BCUT2D eigenvalue weighted by Gasteiger charge is -2.17. The molecule has 1 atom stereocenters. The van der Waals surface area contributed by atoms with E-state index >= 15 is 0 Å². The van der Waals surface area contributed by atoms with Crippen LogP contribution >= 0.6 is 24.0 Å². The monoisotopic (exact) mass is 469 g/mol. The van der Waals surface area contributed by atoms with Crippen LogP contribution in [0.5, 0.6) is 5.75 Å². The molecule has 0 aromatic heterocycles. The van der Waals surface area contributed by atoms with Crippen LogP contribution in [0.1, 0.15) is 24.5 Å². The van der Waals surface area contributed by atoms with E-state index in [1.54, 1.807) is 7.11 Å². The molecule has 0 saturated carbocycles. The highest BCUT2D eigenvalue weighted by Crippen LogP contribution is 2.17. The SMILES string of the molecule is CCC(CN=C(N)Nc1ccccc1COC)Oc1cccc(C)c1.I. The summed E-state index contributed by atoms with van der Waals surface area (Å²) in [4.78, 5) is 4.43. The molecule has 2 aromatic rings. The summed E-state index contributed by atoms with van der Waals surface area (Å²) in [7, 11) is 1.67. The minimum absolute atomic E-state index is 0. The van der Waals surface area contributed by atoms with Gasteiger partial charge in [-0.1, -0.05) is 37.3 Å². The van der Waals surface area contributed by atoms with Crippen LogP contribution in [0.4, 0.5) is 5.69 Å². The third-order valence-electron chi connectivity index (χ3n) is 3.79. The summed E-state index contributed by atoms with van der Waals surface area (Å²) in [6.07, 6.45) is 0.835. The highest BCUT2D eigenvalue weighted by Gasteiger charge is 2.09. The molecule has 0 spiro atoms. The first-order chi connectivity index (χ1) is 12.1. The Balaban J connectivity index is 0.00000338. The van der Waals surface area contributed by atoms with Gasteiger partial charge >= 0.3 is 0 Å². The lowest BCUT2D eigenvalue weighted by molar-refractivity contribution is 0.185. The van der Waals surface area contributed by atoms with E-state index in [-0.39, 0.29) is 30.1 Å². The fourth-order valence-electron chi connectivity index (χ4n) is 2.43. The number of benzene rings is 2. The van der Waals surface area contributed by atoms with Crippen molar-refractivity contribution in [3.63, 3.8) is 0 Å². The number of nitrogens with zero attached hydrogens (tertiary/aromatic N) is 1. The van der Waals surface area contributed by atoms with Gasteiger partial charge in [0.15, 0.2) is 5.96 Å². The number of aliphatic imine (C=N–C) groups is 1. The van der Waals surface area contributed by atoms with E-state index in [0.29, 0.717) is 19.1 Å². The number of hydrogen-bond donors (Lipinski definition) is 2. The molecule has 26 heavy (non-hydrogen) atoms. The van der Waals surface area contributed by atoms with Crippen LogP contribution in [0.2, 0.25) is 0 Å². The highest BCUT2D eigenvalue weighted by atomic mass is 127. The number of methoxy groups -OCH3 is 1. The highest BCUT2D eigenvalue weighted by molar-refractivity contribution is 14.0. The molecule has 0 fully saturated rings. The molecule has 2 rings (SSSR count). The van der Waals surface area contributed by atoms with E-state index in [4.69, 9.17) is 15.2 Å². The van der Waals surface area contributed by atoms with Crippen molar-refractivity contribution in [2.75, 3.05) is 19.0 Å². The van der Waals surface area contributed by atoms with E-state index in [1.807, 2.05) is 55.5 Å². The first-order valence-corrected chi connectivity index (χ1v) is 8.49. The second-order valence-corrected chi connectivity index (χ2v) is 5.91. The molecule has 0 bridgehead atoms. The van der Waals surface area contributed by atoms with E-state index in [2.05, 4.69) is 17.2 Å². The fourth-order valence-corrected chi connectivity index (χ4v) is 2.43. The van der Waals surface area contributed by atoms with Gasteiger partial charge in [-0.15, -0.1) is 24.0 Å². The van der Waals surface area contributed by atoms with Gasteiger partial charge in [-0.05, 0) is 37.1 Å². The van der Waals surface area contributed by atoms with Crippen LogP contribution < -0.4 is 15.8 Å². The summed E-state index contributed by atoms with van der Waals surface area (Å²) < 4.78 is 11.2. The maximum absolute atomic E-state index is 6.03. The number of guanidine groups is 1. The van der Waals surface area contributed by atoms with Gasteiger partial charge in [-0.3, -0.25) is 0 Å². The van der Waals surface area contributed by atoms with E-state index in [1.165, 1.54) is 5.56 Å². The number of para-hydroxylation sites is 1. The van der Waals surface area contributed by atoms with Gasteiger partial charge in [0.2, 0.25) is 0 Å². The molecule has 5 nitrogen and oxygen atoms in total. The van der Waals surface area contributed by atoms with Crippen molar-refractivity contribution in [3.8, 4) is 5.75 Å². The molecule has 1 unspecified atom stereocenters. The number of nitrogens with two attached hydrogens (primary N) is 1. The lowest BCUT2D eigenvalue weighted by atomic mass is 10.2. The van der Waals surface area contributed by atoms with Gasteiger partial charge in [0.25, 0.3) is 0 Å². The smallest absolute Gasteiger partial charge is 0.193 e. The number of nitrogens with one attached hydrogen (secondary N) is 1. The topological polar surface area (TPSA) is 68.9 Å². The Morgan fingerprint density at radius 3 is 2.65 bits per heavy atom. The summed E-state index contributed by atoms with van der Waals surface area (Å²) in [6.45, 7) is 5.14. The Labute approximate surface area is 173 Å². The molecular formula is C20H28IN3O2. The molecule has 2 aromatic carbocycles. The maximum atomic E-state index is 6.03. The second kappa shape index (κ2) is 11.7. The number of halogens is 1. The molecule has 142 valence electrons. The normalized spacial score (nSPS) is 12.2. The van der Waals surface area contributed by atoms with Crippen molar-refractivity contribution in [1.82, 2.24) is 0 Å². The van der Waals surface area contributed by atoms with Crippen molar-refractivity contribution in [3.05, 3.63) is 59.7 Å². The summed E-state index contributed by atoms with van der Waals surface area (Å²) in [5, 5.41) is 3.14. The maximum Gasteiger partial charge on any atom is 0.193 e. The van der Waals surface area contributed by atoms with Crippen molar-refractivity contribution in [2.24, 2.45) is 10.7 Å². The molecular weight excluding hydrogens is 441 g/mol. The van der Waals surface area contributed by atoms with E-state index < -0.39 is 0 Å². The van der Waals surface area contributed by atoms with Crippen molar-refractivity contribution in [1.29, 1.82) is 0 Å². The Bertz CT molecular complexity index is 707. The first kappa shape index (κ1) is 22.2. The van der Waals surface area contributed by atoms with Crippen LogP contribution in [0.15, 0.2) is 53.5 Å². The second-order valence-electron chi connectivity index (χ2n) is 5.91. The number of hydrogen-bond acceptors (Lipinski definition) is 3. The van der Waals surface area contributed by atoms with Crippen LogP contribution in [0.25, 0.3) is 0 Å². The Hall–Kier alpha value is -1.80. The quantitative estimate of drug-likeness (QED) is 0.343. The Morgan fingerprint density at radius 1 is 1.19 bits per heavy atom. The van der Waals surface area contributed by atoms with E-state index in [9.17, 15) is 0 Å². The number of anilines is 1. The zero-order chi connectivity index (χ0) is 18.1. The molecule has 0 aliphatic heterocycles. The van der Waals surface area contributed by atoms with Crippen molar-refractivity contribution >= 4 is 35.6 Å². The predicted molar refractivity (Wildman–Crippen MR) is 119 cm³/mol. The third kappa shape index (κ3) is 7.21. The molecule has 0 radical (unpaired) electrons. The zero-order valence-corrected chi connectivity index (χ0v) is 17.9. The number of ether oxygens (including phenoxy) is 2. The minimum atomic E-state index is -0.0173. The zero-order valence-electron chi connectivity index (χ0n) is 15.6. The summed E-state index contributed by atoms with van der Waals surface area (Å²) in [5.74, 6) is 1.23. The first-order valence-electron chi connectivity index (χ1n) is 8.49. The van der Waals surface area contributed by atoms with Gasteiger partial charge in [-0.2, -0.15) is 0 Å². The molecule has 0 saturated heterocycles. The van der Waals surface area contributed by atoms with Crippen LogP contribution in [0.3, 0.4) is 0 Å². The molecule has 0 aliphatic carbocycles. The average Bonchev–Trinajstić information content (AvgIpc) is 2.60. The number of rotatable bonds is 8. The predicted octanol–water partition coefficient (Wildman–Crippen LogP) is 4.34. The van der Waals surface area contributed by atoms with Crippen LogP contribution in [-0.2, 0) is 11.3 Å². The fraction of sp³-hybridized carbons (Fsp3) is 0.350. The van der Waals surface area contributed by atoms with Crippen molar-refractivity contribution in [2.45, 2.75) is 33.0 Å². The van der Waals surface area contributed by atoms with Crippen LogP contribution in [0, 0.1) is 6.92 Å². The van der Waals surface area contributed by atoms with Gasteiger partial charge in [0, 0.05) is 18.4 Å². The van der Waals surface area contributed by atoms with Crippen molar-refractivity contribution < 1.29 is 9.47 Å². The Kier molecular flexibility index (Phi) is 10.0. The lowest BCUT2D eigenvalue weighted by Crippen LogP contribution is -2.27. The molecule has 6 heteroatoms. The summed E-state index contributed by atoms with van der Waals surface area (Å²) in [6, 6.07) is 15.9. The molecule has 0 heterocycles. The average molecular weight is 469 g/mol. The Morgan fingerprint density at radius 2 is 1.96 bits per heavy atom. The summed E-state index contributed by atoms with van der Waals surface area (Å²) >= 11 is 0. The third-order valence-corrected chi connectivity index (χ3v) is 3.79. The van der Waals surface area contributed by atoms with Gasteiger partial charge in [-0.25, -0.2) is 4.99 Å². The van der Waals surface area contributed by atoms with Gasteiger partial charge < -0.3 is 20.5 Å². The number of aryl methyl sites for hydroxylation is 1. The summed E-state index contributed by atoms with van der Waals surface area (Å²) in [5.41, 5.74) is 9.14.